The fourth-order valence-corrected chi connectivity index (χ4v) is 2.01. The lowest BCUT2D eigenvalue weighted by Gasteiger charge is -2.24. The second kappa shape index (κ2) is 5.60. The normalized spacial score (nSPS) is 16.1. The number of hydrogen-bond donors (Lipinski definition) is 1. The highest BCUT2D eigenvalue weighted by atomic mass is 16.4. The summed E-state index contributed by atoms with van der Waals surface area (Å²) in [5.41, 5.74) is 1.05. The number of carboxylic acid groups (broad SMARTS) is 1. The summed E-state index contributed by atoms with van der Waals surface area (Å²) in [7, 11) is 0. The largest absolute Gasteiger partial charge is 0.478 e. The van der Waals surface area contributed by atoms with Crippen LogP contribution in [0.25, 0.3) is 0 Å². The highest BCUT2D eigenvalue weighted by Gasteiger charge is 2.19. The molecule has 1 heterocycles. The fraction of sp³-hybridized carbons (Fsp3) is 0.286. The van der Waals surface area contributed by atoms with Crippen molar-refractivity contribution in [1.82, 2.24) is 4.90 Å². The summed E-state index contributed by atoms with van der Waals surface area (Å²) in [5.74, 6) is -0.867. The average Bonchev–Trinajstić information content (AvgIpc) is 2.40. The van der Waals surface area contributed by atoms with Crippen molar-refractivity contribution in [2.75, 3.05) is 19.6 Å². The molecule has 0 bridgehead atoms. The standard InChI is InChI=1S/C14H15NO3/c16-13(11-5-2-1-3-6-11)10-15-8-4-7-12(9-15)14(17)18/h1-3,5-7H,4,8-10H2,(H,17,18). The molecule has 1 N–H and O–H groups in total. The van der Waals surface area contributed by atoms with Crippen LogP contribution >= 0.6 is 0 Å². The summed E-state index contributed by atoms with van der Waals surface area (Å²) >= 11 is 0. The SMILES string of the molecule is O=C(O)C1=CCCN(CC(=O)c2ccccc2)C1. The molecule has 18 heavy (non-hydrogen) atoms. The summed E-state index contributed by atoms with van der Waals surface area (Å²) in [6.07, 6.45) is 2.41. The van der Waals surface area contributed by atoms with Crippen molar-refractivity contribution in [3.05, 3.63) is 47.5 Å². The van der Waals surface area contributed by atoms with E-state index in [0.717, 1.165) is 6.54 Å². The molecule has 1 aliphatic rings. The van der Waals surface area contributed by atoms with E-state index in [2.05, 4.69) is 0 Å². The maximum absolute atomic E-state index is 12.0. The first-order chi connectivity index (χ1) is 8.66. The fourth-order valence-electron chi connectivity index (χ4n) is 2.01. The molecule has 0 saturated heterocycles. The number of carbonyl (C=O) groups is 2. The lowest BCUT2D eigenvalue weighted by atomic mass is 10.1. The summed E-state index contributed by atoms with van der Waals surface area (Å²) in [5, 5.41) is 8.93. The zero-order valence-electron chi connectivity index (χ0n) is 10.0. The van der Waals surface area contributed by atoms with Crippen molar-refractivity contribution < 1.29 is 14.7 Å². The van der Waals surface area contributed by atoms with Gasteiger partial charge >= 0.3 is 5.97 Å². The third kappa shape index (κ3) is 3.05. The van der Waals surface area contributed by atoms with Crippen molar-refractivity contribution in [3.63, 3.8) is 0 Å². The van der Waals surface area contributed by atoms with Gasteiger partial charge in [-0.3, -0.25) is 9.69 Å². The second-order valence-electron chi connectivity index (χ2n) is 4.32. The Morgan fingerprint density at radius 2 is 1.94 bits per heavy atom. The molecule has 1 aromatic carbocycles. The van der Waals surface area contributed by atoms with Crippen LogP contribution in [0.1, 0.15) is 16.8 Å². The molecule has 0 radical (unpaired) electrons. The van der Waals surface area contributed by atoms with E-state index in [4.69, 9.17) is 5.11 Å². The molecule has 2 rings (SSSR count). The number of rotatable bonds is 4. The minimum absolute atomic E-state index is 0.0299. The van der Waals surface area contributed by atoms with Gasteiger partial charge in [0.05, 0.1) is 6.54 Å². The number of hydrogen-bond acceptors (Lipinski definition) is 3. The molecular formula is C14H15NO3. The van der Waals surface area contributed by atoms with Crippen LogP contribution < -0.4 is 0 Å². The number of benzene rings is 1. The molecule has 94 valence electrons. The van der Waals surface area contributed by atoms with Crippen molar-refractivity contribution in [2.45, 2.75) is 6.42 Å². The first kappa shape index (κ1) is 12.5. The molecule has 0 amide bonds. The van der Waals surface area contributed by atoms with Gasteiger partial charge in [0.25, 0.3) is 0 Å². The molecule has 4 nitrogen and oxygen atoms in total. The molecule has 4 heteroatoms. The summed E-state index contributed by atoms with van der Waals surface area (Å²) in [6.45, 7) is 1.35. The van der Waals surface area contributed by atoms with Crippen molar-refractivity contribution in [1.29, 1.82) is 0 Å². The Labute approximate surface area is 106 Å². The quantitative estimate of drug-likeness (QED) is 0.818. The van der Waals surface area contributed by atoms with E-state index in [1.54, 1.807) is 18.2 Å². The van der Waals surface area contributed by atoms with Crippen LogP contribution in [0.5, 0.6) is 0 Å². The lowest BCUT2D eigenvalue weighted by molar-refractivity contribution is -0.133. The Morgan fingerprint density at radius 3 is 2.61 bits per heavy atom. The minimum atomic E-state index is -0.896. The zero-order valence-corrected chi connectivity index (χ0v) is 10.0. The summed E-state index contributed by atoms with van der Waals surface area (Å²) in [4.78, 5) is 24.7. The van der Waals surface area contributed by atoms with E-state index in [1.165, 1.54) is 0 Å². The minimum Gasteiger partial charge on any atom is -0.478 e. The zero-order chi connectivity index (χ0) is 13.0. The van der Waals surface area contributed by atoms with Gasteiger partial charge in [-0.05, 0) is 6.42 Å². The van der Waals surface area contributed by atoms with E-state index in [0.29, 0.717) is 24.1 Å². The molecule has 0 atom stereocenters. The molecule has 0 saturated carbocycles. The van der Waals surface area contributed by atoms with Crippen molar-refractivity contribution in [3.8, 4) is 0 Å². The van der Waals surface area contributed by atoms with Gasteiger partial charge in [-0.2, -0.15) is 0 Å². The van der Waals surface area contributed by atoms with Gasteiger partial charge in [0.2, 0.25) is 0 Å². The number of carboxylic acids is 1. The third-order valence-electron chi connectivity index (χ3n) is 2.97. The molecule has 0 aliphatic carbocycles. The van der Waals surface area contributed by atoms with Crippen LogP contribution in [0.2, 0.25) is 0 Å². The predicted molar refractivity (Wildman–Crippen MR) is 67.5 cm³/mol. The van der Waals surface area contributed by atoms with E-state index in [-0.39, 0.29) is 12.3 Å². The van der Waals surface area contributed by atoms with Gasteiger partial charge < -0.3 is 5.11 Å². The number of Topliss-reactive ketones (excluding diaryl/α,β-unsaturated/α-hetero) is 1. The highest BCUT2D eigenvalue weighted by molar-refractivity contribution is 5.97. The van der Waals surface area contributed by atoms with E-state index < -0.39 is 5.97 Å². The van der Waals surface area contributed by atoms with Gasteiger partial charge in [-0.1, -0.05) is 36.4 Å². The van der Waals surface area contributed by atoms with Crippen LogP contribution in [-0.4, -0.2) is 41.4 Å². The first-order valence-corrected chi connectivity index (χ1v) is 5.90. The Hall–Kier alpha value is -1.94. The monoisotopic (exact) mass is 245 g/mol. The average molecular weight is 245 g/mol. The third-order valence-corrected chi connectivity index (χ3v) is 2.97. The van der Waals surface area contributed by atoms with E-state index in [9.17, 15) is 9.59 Å². The topological polar surface area (TPSA) is 57.6 Å². The Kier molecular flexibility index (Phi) is 3.89. The summed E-state index contributed by atoms with van der Waals surface area (Å²) in [6, 6.07) is 9.07. The highest BCUT2D eigenvalue weighted by Crippen LogP contribution is 2.11. The number of aliphatic carboxylic acids is 1. The van der Waals surface area contributed by atoms with Gasteiger partial charge in [0.1, 0.15) is 0 Å². The Bertz CT molecular complexity index is 479. The molecule has 0 fully saturated rings. The van der Waals surface area contributed by atoms with Crippen LogP contribution in [-0.2, 0) is 4.79 Å². The number of carbonyl (C=O) groups excluding carboxylic acids is 1. The lowest BCUT2D eigenvalue weighted by Crippen LogP contribution is -2.36. The van der Waals surface area contributed by atoms with Crippen LogP contribution in [0.4, 0.5) is 0 Å². The second-order valence-corrected chi connectivity index (χ2v) is 4.32. The molecule has 0 spiro atoms. The van der Waals surface area contributed by atoms with Crippen molar-refractivity contribution >= 4 is 11.8 Å². The first-order valence-electron chi connectivity index (χ1n) is 5.90. The smallest absolute Gasteiger partial charge is 0.332 e. The van der Waals surface area contributed by atoms with Gasteiger partial charge in [-0.25, -0.2) is 4.79 Å². The van der Waals surface area contributed by atoms with Gasteiger partial charge in [0.15, 0.2) is 5.78 Å². The van der Waals surface area contributed by atoms with Gasteiger partial charge in [0, 0.05) is 24.2 Å². The van der Waals surface area contributed by atoms with Crippen LogP contribution in [0.3, 0.4) is 0 Å². The van der Waals surface area contributed by atoms with Crippen molar-refractivity contribution in [2.24, 2.45) is 0 Å². The molecular weight excluding hydrogens is 230 g/mol. The predicted octanol–water partition coefficient (Wildman–Crippen LogP) is 1.59. The summed E-state index contributed by atoms with van der Waals surface area (Å²) < 4.78 is 0. The maximum atomic E-state index is 12.0. The number of ketones is 1. The van der Waals surface area contributed by atoms with Crippen LogP contribution in [0, 0.1) is 0 Å². The Balaban J connectivity index is 1.97. The van der Waals surface area contributed by atoms with E-state index >= 15 is 0 Å². The van der Waals surface area contributed by atoms with Gasteiger partial charge in [-0.15, -0.1) is 0 Å². The molecule has 1 aliphatic heterocycles. The molecule has 0 unspecified atom stereocenters. The van der Waals surface area contributed by atoms with Crippen LogP contribution in [0.15, 0.2) is 42.0 Å². The maximum Gasteiger partial charge on any atom is 0.332 e. The number of nitrogens with zero attached hydrogens (tertiary/aromatic N) is 1. The Morgan fingerprint density at radius 1 is 1.22 bits per heavy atom. The molecule has 1 aromatic rings. The molecule has 0 aromatic heterocycles. The van der Waals surface area contributed by atoms with E-state index in [1.807, 2.05) is 23.1 Å².